The number of hydrogen-bond acceptors (Lipinski definition) is 6. The normalized spacial score (nSPS) is 18.4. The molecule has 9 nitrogen and oxygen atoms in total. The van der Waals surface area contributed by atoms with Crippen molar-refractivity contribution in [3.63, 3.8) is 0 Å². The number of nitrogens with two attached hydrogens (primary N) is 1. The average molecular weight is 496 g/mol. The molecule has 36 heavy (non-hydrogen) atoms. The lowest BCUT2D eigenvalue weighted by atomic mass is 9.96. The van der Waals surface area contributed by atoms with Gasteiger partial charge in [0.15, 0.2) is 0 Å². The van der Waals surface area contributed by atoms with Crippen LogP contribution in [0.25, 0.3) is 0 Å². The third-order valence-electron chi connectivity index (χ3n) is 6.11. The molecule has 3 amide bonds. The van der Waals surface area contributed by atoms with Crippen molar-refractivity contribution < 1.29 is 19.1 Å². The van der Waals surface area contributed by atoms with Crippen LogP contribution in [-0.4, -0.2) is 52.0 Å². The van der Waals surface area contributed by atoms with Crippen LogP contribution in [0, 0.1) is 12.8 Å². The van der Waals surface area contributed by atoms with E-state index in [0.717, 1.165) is 23.2 Å². The van der Waals surface area contributed by atoms with E-state index in [-0.39, 0.29) is 24.3 Å². The number of carbonyl (C=O) groups excluding carboxylic acids is 3. The van der Waals surface area contributed by atoms with Gasteiger partial charge >= 0.3 is 6.09 Å². The summed E-state index contributed by atoms with van der Waals surface area (Å²) in [5.41, 5.74) is 7.72. The standard InChI is InChI=1S/C27H37N5O4/c1-17-21(11-12-23(28)30-17)15-29-24(33)18(2)31-25(34)22-14-20(13-19-9-7-6-8-10-19)16-32(22)26(35)36-27(3,4)5/h6-12,18,20,22H,13-16H2,1-5H3,(H2,28,30)(H,29,33)(H,31,34)/t18-,20?,22?/m0/s1. The molecule has 1 aromatic heterocycles. The first-order valence-electron chi connectivity index (χ1n) is 12.3. The second-order valence-corrected chi connectivity index (χ2v) is 10.4. The van der Waals surface area contributed by atoms with Crippen LogP contribution in [0.3, 0.4) is 0 Å². The Morgan fingerprint density at radius 3 is 2.50 bits per heavy atom. The number of pyridine rings is 1. The first-order valence-corrected chi connectivity index (χ1v) is 12.3. The number of carbonyl (C=O) groups is 3. The molecule has 4 N–H and O–H groups in total. The van der Waals surface area contributed by atoms with Crippen molar-refractivity contribution in [2.45, 2.75) is 71.7 Å². The molecular weight excluding hydrogens is 458 g/mol. The van der Waals surface area contributed by atoms with E-state index in [0.29, 0.717) is 18.8 Å². The molecule has 1 aliphatic heterocycles. The third kappa shape index (κ3) is 7.44. The van der Waals surface area contributed by atoms with E-state index in [1.807, 2.05) is 43.3 Å². The topological polar surface area (TPSA) is 127 Å². The number of nitrogens with zero attached hydrogens (tertiary/aromatic N) is 2. The largest absolute Gasteiger partial charge is 0.444 e. The number of aromatic nitrogens is 1. The smallest absolute Gasteiger partial charge is 0.410 e. The van der Waals surface area contributed by atoms with Crippen molar-refractivity contribution in [1.82, 2.24) is 20.5 Å². The van der Waals surface area contributed by atoms with Crippen LogP contribution in [0.1, 0.15) is 50.9 Å². The van der Waals surface area contributed by atoms with E-state index < -0.39 is 23.8 Å². The maximum absolute atomic E-state index is 13.2. The Morgan fingerprint density at radius 1 is 1.17 bits per heavy atom. The van der Waals surface area contributed by atoms with Crippen molar-refractivity contribution in [2.24, 2.45) is 5.92 Å². The maximum Gasteiger partial charge on any atom is 0.410 e. The van der Waals surface area contributed by atoms with Crippen LogP contribution in [0.5, 0.6) is 0 Å². The Hall–Kier alpha value is -3.62. The van der Waals surface area contributed by atoms with Gasteiger partial charge in [-0.1, -0.05) is 36.4 Å². The number of benzene rings is 1. The number of ether oxygens (including phenoxy) is 1. The minimum atomic E-state index is -0.784. The first-order chi connectivity index (χ1) is 16.9. The van der Waals surface area contributed by atoms with Crippen molar-refractivity contribution in [3.8, 4) is 0 Å². The summed E-state index contributed by atoms with van der Waals surface area (Å²) in [5, 5.41) is 5.60. The number of nitrogen functional groups attached to an aromatic ring is 1. The minimum Gasteiger partial charge on any atom is -0.444 e. The molecule has 1 fully saturated rings. The Balaban J connectivity index is 1.64. The van der Waals surface area contributed by atoms with Crippen LogP contribution < -0.4 is 16.4 Å². The van der Waals surface area contributed by atoms with Gasteiger partial charge in [-0.2, -0.15) is 0 Å². The number of nitrogens with one attached hydrogen (secondary N) is 2. The van der Waals surface area contributed by atoms with Gasteiger partial charge in [-0.25, -0.2) is 9.78 Å². The molecule has 0 aliphatic carbocycles. The Kier molecular flexibility index (Phi) is 8.55. The molecule has 2 aromatic rings. The summed E-state index contributed by atoms with van der Waals surface area (Å²) < 4.78 is 5.57. The lowest BCUT2D eigenvalue weighted by Crippen LogP contribution is -2.52. The lowest BCUT2D eigenvalue weighted by molar-refractivity contribution is -0.131. The summed E-state index contributed by atoms with van der Waals surface area (Å²) in [6.07, 6.45) is 0.709. The molecule has 1 aromatic carbocycles. The minimum absolute atomic E-state index is 0.0980. The van der Waals surface area contributed by atoms with E-state index >= 15 is 0 Å². The summed E-state index contributed by atoms with van der Waals surface area (Å²) in [4.78, 5) is 44.5. The summed E-state index contributed by atoms with van der Waals surface area (Å²) in [5.74, 6) is -0.188. The molecule has 0 spiro atoms. The number of amides is 3. The highest BCUT2D eigenvalue weighted by molar-refractivity contribution is 5.91. The van der Waals surface area contributed by atoms with Gasteiger partial charge in [0.05, 0.1) is 0 Å². The van der Waals surface area contributed by atoms with Crippen LogP contribution >= 0.6 is 0 Å². The van der Waals surface area contributed by atoms with Gasteiger partial charge in [0.25, 0.3) is 0 Å². The van der Waals surface area contributed by atoms with E-state index in [4.69, 9.17) is 10.5 Å². The number of rotatable bonds is 7. The van der Waals surface area contributed by atoms with Crippen LogP contribution in [-0.2, 0) is 27.3 Å². The van der Waals surface area contributed by atoms with E-state index in [1.54, 1.807) is 33.8 Å². The second-order valence-electron chi connectivity index (χ2n) is 10.4. The maximum atomic E-state index is 13.2. The Bertz CT molecular complexity index is 1080. The molecule has 2 heterocycles. The number of hydrogen-bond donors (Lipinski definition) is 3. The van der Waals surface area contributed by atoms with Crippen LogP contribution in [0.2, 0.25) is 0 Å². The van der Waals surface area contributed by atoms with Crippen molar-refractivity contribution in [1.29, 1.82) is 0 Å². The fourth-order valence-electron chi connectivity index (χ4n) is 4.30. The van der Waals surface area contributed by atoms with Gasteiger partial charge in [0, 0.05) is 18.8 Å². The molecule has 2 unspecified atom stereocenters. The fourth-order valence-corrected chi connectivity index (χ4v) is 4.30. The van der Waals surface area contributed by atoms with Gasteiger partial charge in [-0.15, -0.1) is 0 Å². The van der Waals surface area contributed by atoms with Crippen molar-refractivity contribution in [3.05, 3.63) is 59.3 Å². The highest BCUT2D eigenvalue weighted by atomic mass is 16.6. The Labute approximate surface area is 212 Å². The molecule has 9 heteroatoms. The molecule has 3 rings (SSSR count). The van der Waals surface area contributed by atoms with Crippen LogP contribution in [0.15, 0.2) is 42.5 Å². The summed E-state index contributed by atoms with van der Waals surface area (Å²) >= 11 is 0. The summed E-state index contributed by atoms with van der Waals surface area (Å²) in [7, 11) is 0. The predicted molar refractivity (Wildman–Crippen MR) is 138 cm³/mol. The van der Waals surface area contributed by atoms with Gasteiger partial charge in [0.2, 0.25) is 11.8 Å². The fraction of sp³-hybridized carbons (Fsp3) is 0.481. The SMILES string of the molecule is Cc1nc(N)ccc1CNC(=O)[C@H](C)NC(=O)C1CC(Cc2ccccc2)CN1C(=O)OC(C)(C)C. The molecule has 1 aliphatic rings. The van der Waals surface area contributed by atoms with Crippen LogP contribution in [0.4, 0.5) is 10.6 Å². The molecule has 194 valence electrons. The molecule has 0 saturated carbocycles. The van der Waals surface area contributed by atoms with Gasteiger partial charge in [-0.05, 0) is 70.6 Å². The number of likely N-dealkylation sites (tertiary alicyclic amines) is 1. The first kappa shape index (κ1) is 27.0. The molecule has 0 radical (unpaired) electrons. The van der Waals surface area contributed by atoms with Crippen molar-refractivity contribution in [2.75, 3.05) is 12.3 Å². The zero-order valence-corrected chi connectivity index (χ0v) is 21.7. The highest BCUT2D eigenvalue weighted by Gasteiger charge is 2.42. The Morgan fingerprint density at radius 2 is 1.86 bits per heavy atom. The zero-order valence-electron chi connectivity index (χ0n) is 21.7. The molecule has 0 bridgehead atoms. The second kappa shape index (κ2) is 11.4. The predicted octanol–water partition coefficient (Wildman–Crippen LogP) is 2.96. The van der Waals surface area contributed by atoms with Gasteiger partial charge in [0.1, 0.15) is 23.5 Å². The number of anilines is 1. The van der Waals surface area contributed by atoms with E-state index in [1.165, 1.54) is 4.90 Å². The number of aryl methyl sites for hydroxylation is 1. The van der Waals surface area contributed by atoms with Crippen molar-refractivity contribution >= 4 is 23.7 Å². The molecule has 1 saturated heterocycles. The summed E-state index contributed by atoms with van der Waals surface area (Å²) in [6, 6.07) is 12.0. The lowest BCUT2D eigenvalue weighted by Gasteiger charge is -2.28. The highest BCUT2D eigenvalue weighted by Crippen LogP contribution is 2.28. The van der Waals surface area contributed by atoms with Gasteiger partial charge in [-0.3, -0.25) is 14.5 Å². The third-order valence-corrected chi connectivity index (χ3v) is 6.11. The van der Waals surface area contributed by atoms with E-state index in [9.17, 15) is 14.4 Å². The average Bonchev–Trinajstić information content (AvgIpc) is 3.22. The van der Waals surface area contributed by atoms with Gasteiger partial charge < -0.3 is 21.1 Å². The molecular formula is C27H37N5O4. The zero-order chi connectivity index (χ0) is 26.5. The monoisotopic (exact) mass is 495 g/mol. The van der Waals surface area contributed by atoms with E-state index in [2.05, 4.69) is 15.6 Å². The quantitative estimate of drug-likeness (QED) is 0.542. The summed E-state index contributed by atoms with van der Waals surface area (Å²) in [6.45, 7) is 9.50. The molecule has 3 atom stereocenters.